The maximum absolute atomic E-state index is 11.9. The van der Waals surface area contributed by atoms with Gasteiger partial charge in [0.1, 0.15) is 5.60 Å². The molecule has 1 fully saturated rings. The lowest BCUT2D eigenvalue weighted by Gasteiger charge is -2.23. The molecule has 0 aromatic heterocycles. The zero-order valence-electron chi connectivity index (χ0n) is 12.5. The highest BCUT2D eigenvalue weighted by molar-refractivity contribution is 7.80. The lowest BCUT2D eigenvalue weighted by atomic mass is 10.0. The highest BCUT2D eigenvalue weighted by Gasteiger charge is 2.46. The van der Waals surface area contributed by atoms with Crippen LogP contribution in [0.2, 0.25) is 0 Å². The van der Waals surface area contributed by atoms with Crippen molar-refractivity contribution < 1.29 is 9.53 Å². The molecule has 0 bridgehead atoms. The smallest absolute Gasteiger partial charge is 0.408 e. The number of ether oxygens (including phenoxy) is 1. The van der Waals surface area contributed by atoms with Gasteiger partial charge in [-0.15, -0.1) is 0 Å². The topological polar surface area (TPSA) is 76.4 Å². The summed E-state index contributed by atoms with van der Waals surface area (Å²) in [6.07, 6.45) is 1.44. The number of nitrogens with one attached hydrogen (secondary N) is 2. The molecule has 0 unspecified atom stereocenters. The summed E-state index contributed by atoms with van der Waals surface area (Å²) in [6.45, 7) is 5.55. The molecule has 0 radical (unpaired) electrons. The molecule has 4 N–H and O–H groups in total. The molecule has 0 atom stereocenters. The van der Waals surface area contributed by atoms with Crippen molar-refractivity contribution in [2.24, 2.45) is 5.73 Å². The van der Waals surface area contributed by atoms with Crippen LogP contribution in [-0.4, -0.2) is 16.8 Å². The molecule has 0 heterocycles. The van der Waals surface area contributed by atoms with E-state index >= 15 is 0 Å². The zero-order valence-corrected chi connectivity index (χ0v) is 13.3. The van der Waals surface area contributed by atoms with Gasteiger partial charge in [-0.05, 0) is 63.5 Å². The first-order chi connectivity index (χ1) is 9.70. The Kier molecular flexibility index (Phi) is 4.09. The molecule has 1 aliphatic carbocycles. The molecule has 0 spiro atoms. The third-order valence-electron chi connectivity index (χ3n) is 3.20. The molecule has 21 heavy (non-hydrogen) atoms. The van der Waals surface area contributed by atoms with Gasteiger partial charge in [0.15, 0.2) is 5.11 Å². The van der Waals surface area contributed by atoms with Crippen LogP contribution in [0.5, 0.6) is 0 Å². The van der Waals surface area contributed by atoms with Crippen LogP contribution < -0.4 is 16.4 Å². The number of carbonyl (C=O) groups excluding carboxylic acids is 1. The van der Waals surface area contributed by atoms with Crippen molar-refractivity contribution in [3.8, 4) is 0 Å². The summed E-state index contributed by atoms with van der Waals surface area (Å²) >= 11 is 4.80. The Morgan fingerprint density at radius 1 is 1.29 bits per heavy atom. The van der Waals surface area contributed by atoms with E-state index in [1.807, 2.05) is 45.0 Å². The van der Waals surface area contributed by atoms with Gasteiger partial charge in [-0.1, -0.05) is 12.1 Å². The number of hydrogen-bond acceptors (Lipinski definition) is 3. The van der Waals surface area contributed by atoms with Gasteiger partial charge in [-0.25, -0.2) is 4.79 Å². The SMILES string of the molecule is CC(C)(C)OC(=O)NC1(c2ccc(NC(N)=S)cc2)CC1. The normalized spacial score (nSPS) is 16.0. The fourth-order valence-corrected chi connectivity index (χ4v) is 2.24. The second-order valence-electron chi connectivity index (χ2n) is 6.28. The van der Waals surface area contributed by atoms with Crippen LogP contribution in [0.3, 0.4) is 0 Å². The Balaban J connectivity index is 2.03. The van der Waals surface area contributed by atoms with Gasteiger partial charge >= 0.3 is 6.09 Å². The average molecular weight is 307 g/mol. The molecule has 0 saturated heterocycles. The van der Waals surface area contributed by atoms with Gasteiger partial charge in [-0.3, -0.25) is 0 Å². The quantitative estimate of drug-likeness (QED) is 0.749. The molecular formula is C15H21N3O2S. The first-order valence-corrected chi connectivity index (χ1v) is 7.29. The molecule has 1 saturated carbocycles. The summed E-state index contributed by atoms with van der Waals surface area (Å²) in [5.74, 6) is 0. The van der Waals surface area contributed by atoms with Crippen LogP contribution in [0.25, 0.3) is 0 Å². The minimum atomic E-state index is -0.495. The molecule has 0 aliphatic heterocycles. The Morgan fingerprint density at radius 3 is 2.29 bits per heavy atom. The summed E-state index contributed by atoms with van der Waals surface area (Å²) in [7, 11) is 0. The molecule has 2 rings (SSSR count). The number of alkyl carbamates (subject to hydrolysis) is 1. The predicted octanol–water partition coefficient (Wildman–Crippen LogP) is 2.86. The summed E-state index contributed by atoms with van der Waals surface area (Å²) in [5, 5.41) is 6.07. The largest absolute Gasteiger partial charge is 0.444 e. The fourth-order valence-electron chi connectivity index (χ4n) is 2.12. The van der Waals surface area contributed by atoms with Crippen molar-refractivity contribution in [1.82, 2.24) is 5.32 Å². The van der Waals surface area contributed by atoms with E-state index in [0.717, 1.165) is 24.1 Å². The second-order valence-corrected chi connectivity index (χ2v) is 6.72. The first kappa shape index (κ1) is 15.6. The van der Waals surface area contributed by atoms with Crippen LogP contribution in [-0.2, 0) is 10.3 Å². The van der Waals surface area contributed by atoms with E-state index in [2.05, 4.69) is 10.6 Å². The van der Waals surface area contributed by atoms with Gasteiger partial charge in [0.2, 0.25) is 0 Å². The molecule has 1 aromatic rings. The van der Waals surface area contributed by atoms with Crippen molar-refractivity contribution in [2.75, 3.05) is 5.32 Å². The maximum atomic E-state index is 11.9. The maximum Gasteiger partial charge on any atom is 0.408 e. The second kappa shape index (κ2) is 5.52. The Hall–Kier alpha value is -1.82. The summed E-state index contributed by atoms with van der Waals surface area (Å²) in [6, 6.07) is 7.71. The number of nitrogens with two attached hydrogens (primary N) is 1. The number of benzene rings is 1. The molecule has 5 nitrogen and oxygen atoms in total. The summed E-state index contributed by atoms with van der Waals surface area (Å²) in [4.78, 5) is 11.9. The van der Waals surface area contributed by atoms with Gasteiger partial charge in [-0.2, -0.15) is 0 Å². The van der Waals surface area contributed by atoms with Crippen molar-refractivity contribution >= 4 is 29.1 Å². The highest BCUT2D eigenvalue weighted by Crippen LogP contribution is 2.45. The van der Waals surface area contributed by atoms with Gasteiger partial charge < -0.3 is 21.1 Å². The van der Waals surface area contributed by atoms with Crippen LogP contribution in [0.15, 0.2) is 24.3 Å². The number of rotatable bonds is 3. The van der Waals surface area contributed by atoms with Crippen LogP contribution in [0.1, 0.15) is 39.2 Å². The minimum Gasteiger partial charge on any atom is -0.444 e. The van der Waals surface area contributed by atoms with Crippen LogP contribution >= 0.6 is 12.2 Å². The van der Waals surface area contributed by atoms with E-state index in [1.54, 1.807) is 0 Å². The third-order valence-corrected chi connectivity index (χ3v) is 3.30. The molecule has 1 aliphatic rings. The Morgan fingerprint density at radius 2 is 1.86 bits per heavy atom. The molecule has 1 amide bonds. The van der Waals surface area contributed by atoms with E-state index in [4.69, 9.17) is 22.7 Å². The van der Waals surface area contributed by atoms with E-state index in [9.17, 15) is 4.79 Å². The number of amides is 1. The first-order valence-electron chi connectivity index (χ1n) is 6.88. The summed E-state index contributed by atoms with van der Waals surface area (Å²) in [5.41, 5.74) is 6.53. The van der Waals surface area contributed by atoms with Crippen molar-refractivity contribution in [3.63, 3.8) is 0 Å². The van der Waals surface area contributed by atoms with E-state index in [-0.39, 0.29) is 16.7 Å². The van der Waals surface area contributed by atoms with E-state index in [0.29, 0.717) is 0 Å². The highest BCUT2D eigenvalue weighted by atomic mass is 32.1. The number of hydrogen-bond donors (Lipinski definition) is 3. The predicted molar refractivity (Wildman–Crippen MR) is 87.1 cm³/mol. The summed E-state index contributed by atoms with van der Waals surface area (Å²) < 4.78 is 5.32. The lowest BCUT2D eigenvalue weighted by molar-refractivity contribution is 0.0495. The van der Waals surface area contributed by atoms with Crippen molar-refractivity contribution in [3.05, 3.63) is 29.8 Å². The zero-order chi connectivity index (χ0) is 15.7. The van der Waals surface area contributed by atoms with Crippen LogP contribution in [0, 0.1) is 0 Å². The van der Waals surface area contributed by atoms with Crippen molar-refractivity contribution in [1.29, 1.82) is 0 Å². The number of anilines is 1. The third kappa shape index (κ3) is 4.32. The van der Waals surface area contributed by atoms with E-state index < -0.39 is 5.60 Å². The Bertz CT molecular complexity index is 545. The average Bonchev–Trinajstić information content (AvgIpc) is 3.07. The number of carbonyl (C=O) groups is 1. The number of thiocarbonyl (C=S) groups is 1. The van der Waals surface area contributed by atoms with Gasteiger partial charge in [0.05, 0.1) is 5.54 Å². The van der Waals surface area contributed by atoms with Crippen molar-refractivity contribution in [2.45, 2.75) is 44.8 Å². The fraction of sp³-hybridized carbons (Fsp3) is 0.467. The molecule has 114 valence electrons. The lowest BCUT2D eigenvalue weighted by Crippen LogP contribution is -2.39. The standard InChI is InChI=1S/C15H21N3O2S/c1-14(2,3)20-13(19)18-15(8-9-15)10-4-6-11(7-5-10)17-12(16)21/h4-7H,8-9H2,1-3H3,(H,18,19)(H3,16,17,21). The minimum absolute atomic E-state index is 0.232. The molecular weight excluding hydrogens is 286 g/mol. The molecule has 1 aromatic carbocycles. The molecule has 6 heteroatoms. The van der Waals surface area contributed by atoms with E-state index in [1.165, 1.54) is 0 Å². The van der Waals surface area contributed by atoms with Gasteiger partial charge in [0.25, 0.3) is 0 Å². The monoisotopic (exact) mass is 307 g/mol. The Labute approximate surface area is 130 Å². The van der Waals surface area contributed by atoms with Gasteiger partial charge in [0, 0.05) is 5.69 Å². The van der Waals surface area contributed by atoms with Crippen LogP contribution in [0.4, 0.5) is 10.5 Å².